The van der Waals surface area contributed by atoms with Gasteiger partial charge in [-0.05, 0) is 26.2 Å². The first-order chi connectivity index (χ1) is 9.63. The van der Waals surface area contributed by atoms with Crippen molar-refractivity contribution in [1.29, 1.82) is 0 Å². The number of carboxylic acids is 1. The van der Waals surface area contributed by atoms with Crippen LogP contribution in [0.3, 0.4) is 0 Å². The van der Waals surface area contributed by atoms with E-state index in [4.69, 9.17) is 5.11 Å². The fourth-order valence-electron chi connectivity index (χ4n) is 1.90. The lowest BCUT2D eigenvalue weighted by Crippen LogP contribution is -2.35. The number of aliphatic carboxylic acids is 1. The maximum Gasteiger partial charge on any atom is 0.323 e. The number of allylic oxidation sites excluding steroid dienone is 2. The van der Waals surface area contributed by atoms with Gasteiger partial charge in [-0.2, -0.15) is 4.99 Å². The minimum Gasteiger partial charge on any atom is -0.480 e. The van der Waals surface area contributed by atoms with Crippen LogP contribution in [0.2, 0.25) is 0 Å². The summed E-state index contributed by atoms with van der Waals surface area (Å²) in [6.07, 6.45) is 8.04. The average Bonchev–Trinajstić information content (AvgIpc) is 2.47. The van der Waals surface area contributed by atoms with E-state index in [2.05, 4.69) is 4.99 Å². The molecular weight excluding hydrogens is 276 g/mol. The Balaban J connectivity index is 2.75. The van der Waals surface area contributed by atoms with Crippen LogP contribution in [0.25, 0.3) is 0 Å². The van der Waals surface area contributed by atoms with E-state index in [0.29, 0.717) is 18.1 Å². The number of aliphatic imine (C=N–C) groups is 1. The van der Waals surface area contributed by atoms with Gasteiger partial charge in [0, 0.05) is 18.7 Å². The number of carboxylic acid groups (broad SMARTS) is 1. The van der Waals surface area contributed by atoms with Gasteiger partial charge in [0.25, 0.3) is 0 Å². The average molecular weight is 298 g/mol. The molecule has 0 aromatic carbocycles. The molecule has 0 fully saturated rings. The summed E-state index contributed by atoms with van der Waals surface area (Å²) in [7, 11) is 0. The molecule has 0 aromatic rings. The highest BCUT2D eigenvalue weighted by Crippen LogP contribution is 2.16. The topological polar surface area (TPSA) is 70.0 Å². The molecule has 1 heterocycles. The summed E-state index contributed by atoms with van der Waals surface area (Å²) < 4.78 is 0. The Morgan fingerprint density at radius 3 is 2.95 bits per heavy atom. The SMILES string of the molecule is C/C=C\CCS/C1=N/C(=O)CCCCCN1CC(=O)O. The third kappa shape index (κ3) is 6.75. The minimum atomic E-state index is -0.890. The van der Waals surface area contributed by atoms with E-state index in [-0.39, 0.29) is 12.5 Å². The number of hydrogen-bond acceptors (Lipinski definition) is 4. The zero-order valence-corrected chi connectivity index (χ0v) is 12.7. The second-order valence-electron chi connectivity index (χ2n) is 4.62. The number of carbonyl (C=O) groups excluding carboxylic acids is 1. The molecular formula is C14H22N2O3S. The number of amides is 1. The summed E-state index contributed by atoms with van der Waals surface area (Å²) in [4.78, 5) is 28.5. The minimum absolute atomic E-state index is 0.0945. The molecule has 20 heavy (non-hydrogen) atoms. The summed E-state index contributed by atoms with van der Waals surface area (Å²) in [5, 5.41) is 9.55. The van der Waals surface area contributed by atoms with Crippen LogP contribution in [0.5, 0.6) is 0 Å². The van der Waals surface area contributed by atoms with Crippen LogP contribution in [-0.4, -0.2) is 45.9 Å². The second-order valence-corrected chi connectivity index (χ2v) is 5.68. The van der Waals surface area contributed by atoms with Crippen LogP contribution >= 0.6 is 11.8 Å². The first-order valence-corrected chi connectivity index (χ1v) is 7.94. The van der Waals surface area contributed by atoms with Crippen LogP contribution in [0.15, 0.2) is 17.1 Å². The highest BCUT2D eigenvalue weighted by Gasteiger charge is 2.18. The predicted octanol–water partition coefficient (Wildman–Crippen LogP) is 2.53. The van der Waals surface area contributed by atoms with E-state index >= 15 is 0 Å². The van der Waals surface area contributed by atoms with Crippen molar-refractivity contribution in [3.63, 3.8) is 0 Å². The van der Waals surface area contributed by atoms with Gasteiger partial charge in [0.1, 0.15) is 6.54 Å². The monoisotopic (exact) mass is 298 g/mol. The molecule has 1 amide bonds. The molecule has 1 N–H and O–H groups in total. The van der Waals surface area contributed by atoms with Crippen molar-refractivity contribution in [2.75, 3.05) is 18.8 Å². The first kappa shape index (κ1) is 16.8. The van der Waals surface area contributed by atoms with Crippen molar-refractivity contribution in [3.8, 4) is 0 Å². The Bertz CT molecular complexity index is 394. The molecule has 0 aliphatic carbocycles. The number of rotatable bonds is 5. The molecule has 6 heteroatoms. The quantitative estimate of drug-likeness (QED) is 0.624. The van der Waals surface area contributed by atoms with Crippen LogP contribution in [-0.2, 0) is 9.59 Å². The van der Waals surface area contributed by atoms with Crippen molar-refractivity contribution >= 4 is 28.8 Å². The number of thioether (sulfide) groups is 1. The van der Waals surface area contributed by atoms with Gasteiger partial charge in [0.2, 0.25) is 5.91 Å². The Labute approximate surface area is 124 Å². The summed E-state index contributed by atoms with van der Waals surface area (Å²) >= 11 is 1.46. The summed E-state index contributed by atoms with van der Waals surface area (Å²) in [5.41, 5.74) is 0. The van der Waals surface area contributed by atoms with Crippen molar-refractivity contribution in [1.82, 2.24) is 4.90 Å². The fraction of sp³-hybridized carbons (Fsp3) is 0.643. The van der Waals surface area contributed by atoms with Gasteiger partial charge in [-0.3, -0.25) is 9.59 Å². The molecule has 1 aliphatic heterocycles. The van der Waals surface area contributed by atoms with Crippen LogP contribution < -0.4 is 0 Å². The van der Waals surface area contributed by atoms with Gasteiger partial charge in [-0.1, -0.05) is 30.3 Å². The Morgan fingerprint density at radius 1 is 1.45 bits per heavy atom. The van der Waals surface area contributed by atoms with E-state index in [9.17, 15) is 9.59 Å². The summed E-state index contributed by atoms with van der Waals surface area (Å²) in [6, 6.07) is 0. The molecule has 112 valence electrons. The largest absolute Gasteiger partial charge is 0.480 e. The highest BCUT2D eigenvalue weighted by atomic mass is 32.2. The smallest absolute Gasteiger partial charge is 0.323 e. The molecule has 0 saturated carbocycles. The Kier molecular flexibility index (Phi) is 8.02. The van der Waals surface area contributed by atoms with Gasteiger partial charge in [0.05, 0.1) is 0 Å². The lowest BCUT2D eigenvalue weighted by molar-refractivity contribution is -0.137. The Hall–Kier alpha value is -1.30. The normalized spacial score (nSPS) is 20.1. The third-order valence-electron chi connectivity index (χ3n) is 2.89. The van der Waals surface area contributed by atoms with Crippen molar-refractivity contribution < 1.29 is 14.7 Å². The molecule has 0 saturated heterocycles. The second kappa shape index (κ2) is 9.58. The molecule has 5 nitrogen and oxygen atoms in total. The molecule has 1 aliphatic rings. The highest BCUT2D eigenvalue weighted by molar-refractivity contribution is 8.13. The van der Waals surface area contributed by atoms with Crippen molar-refractivity contribution in [2.24, 2.45) is 4.99 Å². The van der Waals surface area contributed by atoms with E-state index < -0.39 is 5.97 Å². The van der Waals surface area contributed by atoms with Gasteiger partial charge in [-0.25, -0.2) is 0 Å². The number of carbonyl (C=O) groups is 2. The first-order valence-electron chi connectivity index (χ1n) is 6.95. The summed E-state index contributed by atoms with van der Waals surface area (Å²) in [5.74, 6) is -0.235. The number of nitrogens with zero attached hydrogens (tertiary/aromatic N) is 2. The number of amidine groups is 1. The van der Waals surface area contributed by atoms with Crippen molar-refractivity contribution in [2.45, 2.75) is 39.0 Å². The molecule has 0 atom stereocenters. The maximum atomic E-state index is 11.7. The molecule has 0 radical (unpaired) electrons. The van der Waals surface area contributed by atoms with Gasteiger partial charge in [-0.15, -0.1) is 0 Å². The zero-order chi connectivity index (χ0) is 14.8. The van der Waals surface area contributed by atoms with Gasteiger partial charge < -0.3 is 10.0 Å². The third-order valence-corrected chi connectivity index (χ3v) is 3.93. The van der Waals surface area contributed by atoms with Crippen LogP contribution in [0.1, 0.15) is 39.0 Å². The van der Waals surface area contributed by atoms with Crippen molar-refractivity contribution in [3.05, 3.63) is 12.2 Å². The molecule has 0 spiro atoms. The van der Waals surface area contributed by atoms with Gasteiger partial charge in [0.15, 0.2) is 5.17 Å². The molecule has 0 unspecified atom stereocenters. The van der Waals surface area contributed by atoms with Gasteiger partial charge >= 0.3 is 5.97 Å². The number of hydrogen-bond donors (Lipinski definition) is 1. The summed E-state index contributed by atoms with van der Waals surface area (Å²) in [6.45, 7) is 2.51. The zero-order valence-electron chi connectivity index (χ0n) is 11.9. The fourth-order valence-corrected chi connectivity index (χ4v) is 2.84. The van der Waals surface area contributed by atoms with E-state index in [0.717, 1.165) is 31.4 Å². The van der Waals surface area contributed by atoms with E-state index in [1.54, 1.807) is 4.90 Å². The predicted molar refractivity (Wildman–Crippen MR) is 82.0 cm³/mol. The lowest BCUT2D eigenvalue weighted by atomic mass is 10.2. The standard InChI is InChI=1S/C14H22N2O3S/c1-2-3-7-10-20-14-15-12(17)8-5-4-6-9-16(14)11-13(18)19/h2-3H,4-11H2,1H3,(H,18,19)/b3-2-,15-14+. The Morgan fingerprint density at radius 2 is 2.25 bits per heavy atom. The molecule has 0 aromatic heterocycles. The van der Waals surface area contributed by atoms with Crippen LogP contribution in [0.4, 0.5) is 0 Å². The molecule has 1 rings (SSSR count). The van der Waals surface area contributed by atoms with Crippen LogP contribution in [0, 0.1) is 0 Å². The van der Waals surface area contributed by atoms with E-state index in [1.807, 2.05) is 19.1 Å². The van der Waals surface area contributed by atoms with E-state index in [1.165, 1.54) is 11.8 Å². The lowest BCUT2D eigenvalue weighted by Gasteiger charge is -2.23. The molecule has 0 bridgehead atoms. The maximum absolute atomic E-state index is 11.7.